The van der Waals surface area contributed by atoms with E-state index in [9.17, 15) is 4.21 Å². The average molecular weight is 219 g/mol. The van der Waals surface area contributed by atoms with Gasteiger partial charge in [0.1, 0.15) is 0 Å². The monoisotopic (exact) mass is 219 g/mol. The van der Waals surface area contributed by atoms with E-state index in [1.807, 2.05) is 0 Å². The van der Waals surface area contributed by atoms with Gasteiger partial charge in [0.25, 0.3) is 0 Å². The van der Waals surface area contributed by atoms with Gasteiger partial charge in [-0.05, 0) is 19.3 Å². The van der Waals surface area contributed by atoms with Crippen LogP contribution in [0.4, 0.5) is 0 Å². The highest BCUT2D eigenvalue weighted by Gasteiger charge is 2.16. The molecule has 0 atom stereocenters. The van der Waals surface area contributed by atoms with E-state index in [1.54, 1.807) is 0 Å². The molecule has 0 unspecified atom stereocenters. The van der Waals surface area contributed by atoms with Gasteiger partial charge in [0, 0.05) is 41.5 Å². The lowest BCUT2D eigenvalue weighted by molar-refractivity contribution is 0.134. The van der Waals surface area contributed by atoms with Gasteiger partial charge < -0.3 is 10.1 Å². The fraction of sp³-hybridized carbons (Fsp3) is 1.00. The van der Waals surface area contributed by atoms with Crippen molar-refractivity contribution < 1.29 is 8.95 Å². The summed E-state index contributed by atoms with van der Waals surface area (Å²) in [7, 11) is -0.543. The van der Waals surface area contributed by atoms with Crippen molar-refractivity contribution in [2.45, 2.75) is 32.2 Å². The normalized spacial score (nSPS) is 27.8. The van der Waals surface area contributed by atoms with Gasteiger partial charge in [-0.2, -0.15) is 0 Å². The van der Waals surface area contributed by atoms with E-state index in [2.05, 4.69) is 12.2 Å². The number of nitrogens with one attached hydrogen (secondary N) is 1. The Morgan fingerprint density at radius 1 is 1.36 bits per heavy atom. The lowest BCUT2D eigenvalue weighted by Crippen LogP contribution is -2.37. The summed E-state index contributed by atoms with van der Waals surface area (Å²) in [6, 6.07) is 0.568. The van der Waals surface area contributed by atoms with Crippen LogP contribution in [0.5, 0.6) is 0 Å². The minimum Gasteiger partial charge on any atom is -0.380 e. The number of hydrogen-bond donors (Lipinski definition) is 1. The first kappa shape index (κ1) is 12.1. The zero-order valence-electron chi connectivity index (χ0n) is 8.96. The Morgan fingerprint density at radius 2 is 2.07 bits per heavy atom. The van der Waals surface area contributed by atoms with Crippen molar-refractivity contribution in [1.82, 2.24) is 5.32 Å². The van der Waals surface area contributed by atoms with Crippen LogP contribution in [0.15, 0.2) is 0 Å². The molecule has 1 N–H and O–H groups in total. The first-order chi connectivity index (χ1) is 6.83. The summed E-state index contributed by atoms with van der Waals surface area (Å²) >= 11 is 0. The number of rotatable bonds is 6. The number of ether oxygens (including phenoxy) is 1. The molecular weight excluding hydrogens is 198 g/mol. The van der Waals surface area contributed by atoms with Gasteiger partial charge in [-0.3, -0.25) is 4.21 Å². The van der Waals surface area contributed by atoms with E-state index in [-0.39, 0.29) is 0 Å². The molecule has 3 nitrogen and oxygen atoms in total. The van der Waals surface area contributed by atoms with Gasteiger partial charge in [0.15, 0.2) is 0 Å². The second kappa shape index (κ2) is 7.37. The van der Waals surface area contributed by atoms with Crippen molar-refractivity contribution in [3.05, 3.63) is 0 Å². The molecule has 1 fully saturated rings. The van der Waals surface area contributed by atoms with E-state index in [4.69, 9.17) is 4.74 Å². The Kier molecular flexibility index (Phi) is 6.39. The highest BCUT2D eigenvalue weighted by Crippen LogP contribution is 2.08. The maximum absolute atomic E-state index is 11.1. The van der Waals surface area contributed by atoms with E-state index in [1.165, 1.54) is 0 Å². The molecule has 0 amide bonds. The van der Waals surface area contributed by atoms with E-state index in [0.717, 1.165) is 50.5 Å². The van der Waals surface area contributed by atoms with Crippen molar-refractivity contribution in [1.29, 1.82) is 0 Å². The molecule has 0 aromatic heterocycles. The predicted molar refractivity (Wildman–Crippen MR) is 60.0 cm³/mol. The van der Waals surface area contributed by atoms with Crippen molar-refractivity contribution in [2.75, 3.05) is 31.3 Å². The van der Waals surface area contributed by atoms with Gasteiger partial charge in [0.2, 0.25) is 0 Å². The molecule has 0 aromatic rings. The maximum Gasteiger partial charge on any atom is 0.0590 e. The molecule has 1 saturated heterocycles. The summed E-state index contributed by atoms with van der Waals surface area (Å²) in [6.07, 6.45) is 3.20. The van der Waals surface area contributed by atoms with Crippen LogP contribution in [-0.2, 0) is 15.5 Å². The smallest absolute Gasteiger partial charge is 0.0590 e. The van der Waals surface area contributed by atoms with Crippen LogP contribution in [0.25, 0.3) is 0 Å². The fourth-order valence-electron chi connectivity index (χ4n) is 1.58. The lowest BCUT2D eigenvalue weighted by atomic mass is 10.1. The summed E-state index contributed by atoms with van der Waals surface area (Å²) in [4.78, 5) is 0. The van der Waals surface area contributed by atoms with Gasteiger partial charge in [-0.15, -0.1) is 0 Å². The van der Waals surface area contributed by atoms with Gasteiger partial charge in [-0.25, -0.2) is 0 Å². The van der Waals surface area contributed by atoms with Crippen molar-refractivity contribution in [2.24, 2.45) is 0 Å². The summed E-state index contributed by atoms with van der Waals surface area (Å²) < 4.78 is 16.5. The predicted octanol–water partition coefficient (Wildman–Crippen LogP) is 0.914. The SMILES string of the molecule is CCCOCCNC1CCS(=O)CC1. The van der Waals surface area contributed by atoms with Crippen LogP contribution in [0.1, 0.15) is 26.2 Å². The quantitative estimate of drug-likeness (QED) is 0.675. The molecule has 1 rings (SSSR count). The summed E-state index contributed by atoms with van der Waals surface area (Å²) in [5.74, 6) is 1.74. The zero-order valence-corrected chi connectivity index (χ0v) is 9.78. The molecular formula is C10H21NO2S. The van der Waals surface area contributed by atoms with Crippen LogP contribution in [0, 0.1) is 0 Å². The largest absolute Gasteiger partial charge is 0.380 e. The molecule has 0 radical (unpaired) electrons. The Morgan fingerprint density at radius 3 is 2.71 bits per heavy atom. The van der Waals surface area contributed by atoms with Crippen molar-refractivity contribution in [3.8, 4) is 0 Å². The molecule has 0 bridgehead atoms. The lowest BCUT2D eigenvalue weighted by Gasteiger charge is -2.22. The zero-order chi connectivity index (χ0) is 10.2. The first-order valence-corrected chi connectivity index (χ1v) is 6.98. The third-order valence-electron chi connectivity index (χ3n) is 2.42. The molecule has 0 aromatic carbocycles. The Labute approximate surface area is 89.1 Å². The van der Waals surface area contributed by atoms with Gasteiger partial charge in [-0.1, -0.05) is 6.92 Å². The Balaban J connectivity index is 1.94. The summed E-state index contributed by atoms with van der Waals surface area (Å²) in [6.45, 7) is 4.70. The number of hydrogen-bond acceptors (Lipinski definition) is 3. The van der Waals surface area contributed by atoms with Crippen LogP contribution < -0.4 is 5.32 Å². The molecule has 14 heavy (non-hydrogen) atoms. The third-order valence-corrected chi connectivity index (χ3v) is 3.80. The first-order valence-electron chi connectivity index (χ1n) is 5.49. The topological polar surface area (TPSA) is 38.3 Å². The van der Waals surface area contributed by atoms with Crippen molar-refractivity contribution in [3.63, 3.8) is 0 Å². The fourth-order valence-corrected chi connectivity index (χ4v) is 2.88. The Bertz CT molecular complexity index is 166. The van der Waals surface area contributed by atoms with Crippen LogP contribution in [0.2, 0.25) is 0 Å². The minimum atomic E-state index is -0.543. The highest BCUT2D eigenvalue weighted by atomic mass is 32.2. The van der Waals surface area contributed by atoms with E-state index in [0.29, 0.717) is 6.04 Å². The highest BCUT2D eigenvalue weighted by molar-refractivity contribution is 7.85. The second-order valence-corrected chi connectivity index (χ2v) is 5.38. The second-order valence-electron chi connectivity index (χ2n) is 3.69. The third kappa shape index (κ3) is 5.08. The molecule has 0 spiro atoms. The van der Waals surface area contributed by atoms with Crippen molar-refractivity contribution >= 4 is 10.8 Å². The average Bonchev–Trinajstić information content (AvgIpc) is 2.21. The van der Waals surface area contributed by atoms with Crippen LogP contribution in [-0.4, -0.2) is 41.5 Å². The molecule has 1 aliphatic rings. The van der Waals surface area contributed by atoms with Crippen LogP contribution >= 0.6 is 0 Å². The Hall–Kier alpha value is 0.0700. The van der Waals surface area contributed by atoms with Gasteiger partial charge in [0.05, 0.1) is 6.61 Å². The maximum atomic E-state index is 11.1. The standard InChI is InChI=1S/C10H21NO2S/c1-2-6-13-7-5-11-10-3-8-14(12)9-4-10/h10-11H,2-9H2,1H3. The van der Waals surface area contributed by atoms with Crippen LogP contribution in [0.3, 0.4) is 0 Å². The molecule has 1 aliphatic heterocycles. The molecule has 84 valence electrons. The molecule has 4 heteroatoms. The molecule has 0 aliphatic carbocycles. The van der Waals surface area contributed by atoms with Gasteiger partial charge >= 0.3 is 0 Å². The minimum absolute atomic E-state index is 0.543. The molecule has 0 saturated carbocycles. The van der Waals surface area contributed by atoms with E-state index < -0.39 is 10.8 Å². The summed E-state index contributed by atoms with van der Waals surface area (Å²) in [5, 5.41) is 3.44. The van der Waals surface area contributed by atoms with E-state index >= 15 is 0 Å². The molecule has 1 heterocycles. The summed E-state index contributed by atoms with van der Waals surface area (Å²) in [5.41, 5.74) is 0.